The van der Waals surface area contributed by atoms with Crippen LogP contribution in [0.15, 0.2) is 48.5 Å². The van der Waals surface area contributed by atoms with Crippen molar-refractivity contribution in [3.63, 3.8) is 0 Å². The second-order valence-corrected chi connectivity index (χ2v) is 6.98. The van der Waals surface area contributed by atoms with Crippen LogP contribution in [0.2, 0.25) is 0 Å². The van der Waals surface area contributed by atoms with Gasteiger partial charge in [0.1, 0.15) is 0 Å². The topological polar surface area (TPSA) is 67.4 Å². The molecule has 0 heterocycles. The first kappa shape index (κ1) is 19.1. The molecule has 0 saturated heterocycles. The van der Waals surface area contributed by atoms with E-state index in [1.165, 1.54) is 0 Å². The second-order valence-electron chi connectivity index (χ2n) is 6.98. The van der Waals surface area contributed by atoms with Crippen molar-refractivity contribution in [1.29, 1.82) is 0 Å². The van der Waals surface area contributed by atoms with E-state index in [9.17, 15) is 9.59 Å². The molecule has 5 nitrogen and oxygen atoms in total. The Morgan fingerprint density at radius 3 is 2.56 bits per heavy atom. The summed E-state index contributed by atoms with van der Waals surface area (Å²) in [5, 5.41) is 5.85. The number of carbonyl (C=O) groups is 2. The van der Waals surface area contributed by atoms with Gasteiger partial charge in [0.15, 0.2) is 0 Å². The van der Waals surface area contributed by atoms with Crippen LogP contribution >= 0.6 is 0 Å². The maximum absolute atomic E-state index is 12.5. The van der Waals surface area contributed by atoms with Crippen molar-refractivity contribution in [2.75, 3.05) is 11.9 Å². The predicted molar refractivity (Wildman–Crippen MR) is 105 cm³/mol. The van der Waals surface area contributed by atoms with Gasteiger partial charge >= 0.3 is 0 Å². The molecule has 2 N–H and O–H groups in total. The largest absolute Gasteiger partial charge is 0.377 e. The molecule has 1 aliphatic carbocycles. The number of ether oxygens (including phenoxy) is 1. The lowest BCUT2D eigenvalue weighted by molar-refractivity contribution is -0.117. The summed E-state index contributed by atoms with van der Waals surface area (Å²) in [5.41, 5.74) is 3.29. The Morgan fingerprint density at radius 2 is 1.85 bits per heavy atom. The van der Waals surface area contributed by atoms with Gasteiger partial charge in [0.25, 0.3) is 5.91 Å². The predicted octanol–water partition coefficient (Wildman–Crippen LogP) is 3.75. The summed E-state index contributed by atoms with van der Waals surface area (Å²) in [6.45, 7) is 5.64. The minimum Gasteiger partial charge on any atom is -0.377 e. The summed E-state index contributed by atoms with van der Waals surface area (Å²) in [4.78, 5) is 24.6. The van der Waals surface area contributed by atoms with Gasteiger partial charge in [0, 0.05) is 30.3 Å². The molecule has 142 valence electrons. The zero-order valence-electron chi connectivity index (χ0n) is 15.8. The lowest BCUT2D eigenvalue weighted by Crippen LogP contribution is -2.24. The highest BCUT2D eigenvalue weighted by Crippen LogP contribution is 2.38. The number of rotatable bonds is 8. The van der Waals surface area contributed by atoms with Crippen LogP contribution < -0.4 is 10.6 Å². The second kappa shape index (κ2) is 8.82. The molecule has 5 heteroatoms. The van der Waals surface area contributed by atoms with Crippen LogP contribution in [0.4, 0.5) is 5.69 Å². The number of anilines is 1. The van der Waals surface area contributed by atoms with E-state index in [0.717, 1.165) is 17.5 Å². The van der Waals surface area contributed by atoms with Crippen molar-refractivity contribution in [1.82, 2.24) is 5.32 Å². The smallest absolute Gasteiger partial charge is 0.251 e. The van der Waals surface area contributed by atoms with Crippen LogP contribution in [0.5, 0.6) is 0 Å². The first-order chi connectivity index (χ1) is 13.1. The highest BCUT2D eigenvalue weighted by Gasteiger charge is 2.39. The van der Waals surface area contributed by atoms with Crippen LogP contribution in [-0.4, -0.2) is 18.4 Å². The van der Waals surface area contributed by atoms with E-state index < -0.39 is 0 Å². The van der Waals surface area contributed by atoms with Gasteiger partial charge in [-0.15, -0.1) is 0 Å². The van der Waals surface area contributed by atoms with E-state index in [-0.39, 0.29) is 17.7 Å². The Balaban J connectivity index is 1.60. The van der Waals surface area contributed by atoms with Gasteiger partial charge in [0.05, 0.1) is 6.61 Å². The number of amides is 2. The molecule has 0 spiro atoms. The highest BCUT2D eigenvalue weighted by molar-refractivity contribution is 5.98. The number of carbonyl (C=O) groups excluding carboxylic acids is 2. The maximum atomic E-state index is 12.5. The van der Waals surface area contributed by atoms with Gasteiger partial charge in [-0.25, -0.2) is 0 Å². The van der Waals surface area contributed by atoms with Gasteiger partial charge in [-0.1, -0.05) is 37.3 Å². The quantitative estimate of drug-likeness (QED) is 0.748. The van der Waals surface area contributed by atoms with Crippen molar-refractivity contribution in [2.24, 2.45) is 11.8 Å². The molecule has 0 aliphatic heterocycles. The number of benzene rings is 2. The third-order valence-corrected chi connectivity index (χ3v) is 4.86. The molecule has 2 aromatic carbocycles. The molecule has 1 aliphatic rings. The molecule has 27 heavy (non-hydrogen) atoms. The van der Waals surface area contributed by atoms with E-state index in [1.807, 2.05) is 31.2 Å². The number of hydrogen-bond donors (Lipinski definition) is 2. The molecule has 1 saturated carbocycles. The van der Waals surface area contributed by atoms with Crippen molar-refractivity contribution < 1.29 is 14.3 Å². The molecular weight excluding hydrogens is 340 g/mol. The van der Waals surface area contributed by atoms with Crippen molar-refractivity contribution >= 4 is 17.5 Å². The van der Waals surface area contributed by atoms with E-state index in [0.29, 0.717) is 36.9 Å². The van der Waals surface area contributed by atoms with Crippen molar-refractivity contribution in [2.45, 2.75) is 33.4 Å². The molecule has 0 aromatic heterocycles. The zero-order valence-corrected chi connectivity index (χ0v) is 15.8. The molecule has 0 bridgehead atoms. The van der Waals surface area contributed by atoms with Gasteiger partial charge in [-0.05, 0) is 48.6 Å². The molecular formula is C22H26N2O3. The van der Waals surface area contributed by atoms with Crippen LogP contribution in [0.25, 0.3) is 0 Å². The SMILES string of the molecule is CCOCc1ccccc1CNC(=O)c1cccc(NC(=O)[C@H]2C[C@@H]2C)c1. The Bertz CT molecular complexity index is 819. The molecule has 3 rings (SSSR count). The van der Waals surface area contributed by atoms with Gasteiger partial charge in [-0.2, -0.15) is 0 Å². The summed E-state index contributed by atoms with van der Waals surface area (Å²) >= 11 is 0. The van der Waals surface area contributed by atoms with Crippen LogP contribution in [0.3, 0.4) is 0 Å². The lowest BCUT2D eigenvalue weighted by atomic mass is 10.1. The van der Waals surface area contributed by atoms with Crippen LogP contribution in [-0.2, 0) is 22.7 Å². The molecule has 2 amide bonds. The average molecular weight is 366 g/mol. The van der Waals surface area contributed by atoms with Crippen molar-refractivity contribution in [3.8, 4) is 0 Å². The average Bonchev–Trinajstić information content (AvgIpc) is 3.42. The molecule has 1 fully saturated rings. The summed E-state index contributed by atoms with van der Waals surface area (Å²) in [6, 6.07) is 15.0. The fourth-order valence-electron chi connectivity index (χ4n) is 3.02. The molecule has 2 aromatic rings. The number of hydrogen-bond acceptors (Lipinski definition) is 3. The fourth-order valence-corrected chi connectivity index (χ4v) is 3.02. The minimum atomic E-state index is -0.169. The lowest BCUT2D eigenvalue weighted by Gasteiger charge is -2.11. The van der Waals surface area contributed by atoms with E-state index in [4.69, 9.17) is 4.74 Å². The van der Waals surface area contributed by atoms with E-state index >= 15 is 0 Å². The molecule has 0 radical (unpaired) electrons. The molecule has 0 unspecified atom stereocenters. The minimum absolute atomic E-state index is 0.0323. The van der Waals surface area contributed by atoms with Gasteiger partial charge < -0.3 is 15.4 Å². The summed E-state index contributed by atoms with van der Waals surface area (Å²) < 4.78 is 5.48. The zero-order chi connectivity index (χ0) is 19.2. The summed E-state index contributed by atoms with van der Waals surface area (Å²) in [7, 11) is 0. The monoisotopic (exact) mass is 366 g/mol. The third kappa shape index (κ3) is 5.17. The molecule has 2 atom stereocenters. The first-order valence-electron chi connectivity index (χ1n) is 9.42. The fraction of sp³-hybridized carbons (Fsp3) is 0.364. The standard InChI is InChI=1S/C22H26N2O3/c1-3-27-14-18-8-5-4-7-17(18)13-23-21(25)16-9-6-10-19(12-16)24-22(26)20-11-15(20)2/h4-10,12,15,20H,3,11,13-14H2,1-2H3,(H,23,25)(H,24,26)/t15-,20-/m0/s1. The summed E-state index contributed by atoms with van der Waals surface area (Å²) in [5.74, 6) is 0.416. The third-order valence-electron chi connectivity index (χ3n) is 4.86. The van der Waals surface area contributed by atoms with E-state index in [2.05, 4.69) is 17.6 Å². The normalized spacial score (nSPS) is 18.0. The van der Waals surface area contributed by atoms with Gasteiger partial charge in [0.2, 0.25) is 5.91 Å². The maximum Gasteiger partial charge on any atom is 0.251 e. The Labute approximate surface area is 160 Å². The number of nitrogens with one attached hydrogen (secondary N) is 2. The Morgan fingerprint density at radius 1 is 1.11 bits per heavy atom. The van der Waals surface area contributed by atoms with Gasteiger partial charge in [-0.3, -0.25) is 9.59 Å². The van der Waals surface area contributed by atoms with Crippen LogP contribution in [0.1, 0.15) is 41.8 Å². The highest BCUT2D eigenvalue weighted by atomic mass is 16.5. The Hall–Kier alpha value is -2.66. The first-order valence-corrected chi connectivity index (χ1v) is 9.42. The van der Waals surface area contributed by atoms with E-state index in [1.54, 1.807) is 24.3 Å². The van der Waals surface area contributed by atoms with Crippen molar-refractivity contribution in [3.05, 3.63) is 65.2 Å². The van der Waals surface area contributed by atoms with Crippen LogP contribution in [0, 0.1) is 11.8 Å². The Kier molecular flexibility index (Phi) is 6.24. The summed E-state index contributed by atoms with van der Waals surface area (Å²) in [6.07, 6.45) is 0.938.